The highest BCUT2D eigenvalue weighted by Gasteiger charge is 2.19. The molecule has 0 fully saturated rings. The fourth-order valence-corrected chi connectivity index (χ4v) is 2.63. The van der Waals surface area contributed by atoms with Crippen molar-refractivity contribution in [3.05, 3.63) is 0 Å². The molecule has 0 aliphatic rings. The molecule has 0 aliphatic carbocycles. The Morgan fingerprint density at radius 1 is 0.895 bits per heavy atom. The second-order valence-corrected chi connectivity index (χ2v) is 6.37. The summed E-state index contributed by atoms with van der Waals surface area (Å²) < 4.78 is 0. The SMILES string of the molecule is CCCCCCCCCCCC(Cl)C(Cl)CC(=O)O. The lowest BCUT2D eigenvalue weighted by Gasteiger charge is -2.13. The van der Waals surface area contributed by atoms with Gasteiger partial charge in [-0.3, -0.25) is 4.79 Å². The van der Waals surface area contributed by atoms with Gasteiger partial charge in [0.1, 0.15) is 0 Å². The van der Waals surface area contributed by atoms with E-state index in [0.717, 1.165) is 12.8 Å². The molecule has 0 radical (unpaired) electrons. The fraction of sp³-hybridized carbons (Fsp3) is 0.933. The van der Waals surface area contributed by atoms with Gasteiger partial charge in [0.05, 0.1) is 17.2 Å². The van der Waals surface area contributed by atoms with Crippen LogP contribution in [-0.2, 0) is 4.79 Å². The van der Waals surface area contributed by atoms with Gasteiger partial charge in [0.25, 0.3) is 0 Å². The van der Waals surface area contributed by atoms with E-state index in [2.05, 4.69) is 6.92 Å². The van der Waals surface area contributed by atoms with Crippen LogP contribution in [0.15, 0.2) is 0 Å². The van der Waals surface area contributed by atoms with Crippen LogP contribution in [0.2, 0.25) is 0 Å². The Morgan fingerprint density at radius 2 is 1.37 bits per heavy atom. The summed E-state index contributed by atoms with van der Waals surface area (Å²) >= 11 is 12.0. The number of rotatable bonds is 13. The average molecular weight is 311 g/mol. The van der Waals surface area contributed by atoms with E-state index < -0.39 is 11.3 Å². The Labute approximate surface area is 127 Å². The largest absolute Gasteiger partial charge is 0.481 e. The third-order valence-electron chi connectivity index (χ3n) is 3.35. The number of halogens is 2. The molecule has 0 rings (SSSR count). The first-order chi connectivity index (χ1) is 9.07. The van der Waals surface area contributed by atoms with Crippen LogP contribution in [-0.4, -0.2) is 21.8 Å². The Kier molecular flexibility index (Phi) is 13.1. The number of hydrogen-bond donors (Lipinski definition) is 1. The van der Waals surface area contributed by atoms with Gasteiger partial charge in [-0.05, 0) is 6.42 Å². The number of carboxylic acid groups (broad SMARTS) is 1. The van der Waals surface area contributed by atoms with E-state index in [1.807, 2.05) is 0 Å². The van der Waals surface area contributed by atoms with Crippen molar-refractivity contribution >= 4 is 29.2 Å². The number of aliphatic carboxylic acids is 1. The maximum Gasteiger partial charge on any atom is 0.304 e. The van der Waals surface area contributed by atoms with E-state index >= 15 is 0 Å². The van der Waals surface area contributed by atoms with Crippen molar-refractivity contribution in [2.24, 2.45) is 0 Å². The van der Waals surface area contributed by atoms with Crippen LogP contribution in [0.3, 0.4) is 0 Å². The van der Waals surface area contributed by atoms with Crippen molar-refractivity contribution in [1.82, 2.24) is 0 Å². The van der Waals surface area contributed by atoms with Crippen molar-refractivity contribution < 1.29 is 9.90 Å². The molecule has 4 heteroatoms. The molecular formula is C15H28Cl2O2. The van der Waals surface area contributed by atoms with E-state index in [9.17, 15) is 4.79 Å². The normalized spacial score (nSPS) is 14.3. The highest BCUT2D eigenvalue weighted by atomic mass is 35.5. The summed E-state index contributed by atoms with van der Waals surface area (Å²) in [6.07, 6.45) is 12.3. The van der Waals surface area contributed by atoms with Crippen LogP contribution in [0, 0.1) is 0 Å². The molecule has 2 nitrogen and oxygen atoms in total. The predicted octanol–water partition coefficient (Wildman–Crippen LogP) is 5.60. The summed E-state index contributed by atoms with van der Waals surface area (Å²) in [5.41, 5.74) is 0. The van der Waals surface area contributed by atoms with E-state index in [0.29, 0.717) is 0 Å². The van der Waals surface area contributed by atoms with Crippen LogP contribution in [0.5, 0.6) is 0 Å². The molecule has 0 amide bonds. The molecule has 0 spiro atoms. The molecular weight excluding hydrogens is 283 g/mol. The number of carbonyl (C=O) groups is 1. The van der Waals surface area contributed by atoms with Crippen LogP contribution in [0.1, 0.15) is 77.6 Å². The monoisotopic (exact) mass is 310 g/mol. The van der Waals surface area contributed by atoms with Gasteiger partial charge < -0.3 is 5.11 Å². The highest BCUT2D eigenvalue weighted by Crippen LogP contribution is 2.20. The molecule has 2 atom stereocenters. The van der Waals surface area contributed by atoms with Gasteiger partial charge >= 0.3 is 5.97 Å². The van der Waals surface area contributed by atoms with Gasteiger partial charge in [-0.2, -0.15) is 0 Å². The summed E-state index contributed by atoms with van der Waals surface area (Å²) in [5, 5.41) is 7.95. The van der Waals surface area contributed by atoms with Crippen molar-refractivity contribution in [2.75, 3.05) is 0 Å². The smallest absolute Gasteiger partial charge is 0.304 e. The maximum atomic E-state index is 10.5. The molecule has 0 heterocycles. The quantitative estimate of drug-likeness (QED) is 0.355. The van der Waals surface area contributed by atoms with E-state index in [-0.39, 0.29) is 11.8 Å². The summed E-state index contributed by atoms with van der Waals surface area (Å²) in [7, 11) is 0. The summed E-state index contributed by atoms with van der Waals surface area (Å²) in [6.45, 7) is 2.23. The Balaban J connectivity index is 3.31. The average Bonchev–Trinajstić information content (AvgIpc) is 2.35. The van der Waals surface area contributed by atoms with E-state index in [4.69, 9.17) is 28.3 Å². The fourth-order valence-electron chi connectivity index (χ4n) is 2.13. The second kappa shape index (κ2) is 13.1. The van der Waals surface area contributed by atoms with Crippen molar-refractivity contribution in [2.45, 2.75) is 88.3 Å². The minimum atomic E-state index is -0.877. The minimum absolute atomic E-state index is 0.0485. The van der Waals surface area contributed by atoms with Gasteiger partial charge in [0, 0.05) is 0 Å². The van der Waals surface area contributed by atoms with Crippen molar-refractivity contribution in [1.29, 1.82) is 0 Å². The summed E-state index contributed by atoms with van der Waals surface area (Å²) in [6, 6.07) is 0. The van der Waals surface area contributed by atoms with E-state index in [1.54, 1.807) is 0 Å². The Bertz CT molecular complexity index is 222. The molecule has 0 saturated heterocycles. The van der Waals surface area contributed by atoms with Crippen LogP contribution < -0.4 is 0 Å². The Morgan fingerprint density at radius 3 is 1.84 bits per heavy atom. The highest BCUT2D eigenvalue weighted by molar-refractivity contribution is 6.30. The van der Waals surface area contributed by atoms with Crippen LogP contribution >= 0.6 is 23.2 Å². The molecule has 1 N–H and O–H groups in total. The molecule has 0 aromatic carbocycles. The molecule has 0 aromatic heterocycles. The first-order valence-electron chi connectivity index (χ1n) is 7.57. The topological polar surface area (TPSA) is 37.3 Å². The summed E-state index contributed by atoms with van der Waals surface area (Å²) in [4.78, 5) is 10.5. The zero-order valence-electron chi connectivity index (χ0n) is 12.0. The first-order valence-corrected chi connectivity index (χ1v) is 8.45. The van der Waals surface area contributed by atoms with Crippen molar-refractivity contribution in [3.8, 4) is 0 Å². The molecule has 0 bridgehead atoms. The number of hydrogen-bond acceptors (Lipinski definition) is 1. The molecule has 0 aliphatic heterocycles. The molecule has 19 heavy (non-hydrogen) atoms. The summed E-state index contributed by atoms with van der Waals surface area (Å²) in [5.74, 6) is -0.877. The van der Waals surface area contributed by atoms with Gasteiger partial charge in [-0.25, -0.2) is 0 Å². The van der Waals surface area contributed by atoms with Crippen molar-refractivity contribution in [3.63, 3.8) is 0 Å². The zero-order valence-corrected chi connectivity index (χ0v) is 13.6. The molecule has 114 valence electrons. The predicted molar refractivity (Wildman–Crippen MR) is 83.4 cm³/mol. The lowest BCUT2D eigenvalue weighted by atomic mass is 10.0. The lowest BCUT2D eigenvalue weighted by molar-refractivity contribution is -0.137. The van der Waals surface area contributed by atoms with Gasteiger partial charge in [0.15, 0.2) is 0 Å². The third kappa shape index (κ3) is 12.8. The van der Waals surface area contributed by atoms with Gasteiger partial charge in [-0.15, -0.1) is 23.2 Å². The number of alkyl halides is 2. The first kappa shape index (κ1) is 19.1. The number of unbranched alkanes of at least 4 members (excludes halogenated alkanes) is 8. The third-order valence-corrected chi connectivity index (χ3v) is 4.46. The van der Waals surface area contributed by atoms with Crippen LogP contribution in [0.25, 0.3) is 0 Å². The standard InChI is InChI=1S/C15H28Cl2O2/c1-2-3-4-5-6-7-8-9-10-11-13(16)14(17)12-15(18)19/h13-14H,2-12H2,1H3,(H,18,19). The molecule has 0 saturated carbocycles. The van der Waals surface area contributed by atoms with Gasteiger partial charge in [-0.1, -0.05) is 64.7 Å². The second-order valence-electron chi connectivity index (χ2n) is 5.25. The Hall–Kier alpha value is 0.0500. The lowest BCUT2D eigenvalue weighted by Crippen LogP contribution is -2.18. The number of carboxylic acids is 1. The zero-order chi connectivity index (χ0) is 14.5. The van der Waals surface area contributed by atoms with Crippen LogP contribution in [0.4, 0.5) is 0 Å². The maximum absolute atomic E-state index is 10.5. The molecule has 0 aromatic rings. The molecule has 2 unspecified atom stereocenters. The van der Waals surface area contributed by atoms with E-state index in [1.165, 1.54) is 51.4 Å². The van der Waals surface area contributed by atoms with Gasteiger partial charge in [0.2, 0.25) is 0 Å². The minimum Gasteiger partial charge on any atom is -0.481 e.